The van der Waals surface area contributed by atoms with Gasteiger partial charge in [-0.25, -0.2) is 9.37 Å². The Bertz CT molecular complexity index is 1860. The maximum atomic E-state index is 15.3. The van der Waals surface area contributed by atoms with Crippen molar-refractivity contribution in [3.05, 3.63) is 88.9 Å². The summed E-state index contributed by atoms with van der Waals surface area (Å²) in [5.74, 6) is -0.931. The van der Waals surface area contributed by atoms with E-state index in [-0.39, 0.29) is 44.3 Å². The van der Waals surface area contributed by atoms with Crippen LogP contribution in [-0.2, 0) is 11.0 Å². The minimum absolute atomic E-state index is 0.0183. The third-order valence-corrected chi connectivity index (χ3v) is 7.53. The first-order valence-electron chi connectivity index (χ1n) is 13.3. The van der Waals surface area contributed by atoms with E-state index >= 15 is 4.39 Å². The van der Waals surface area contributed by atoms with Crippen LogP contribution >= 0.6 is 11.6 Å². The van der Waals surface area contributed by atoms with Gasteiger partial charge in [0.25, 0.3) is 0 Å². The van der Waals surface area contributed by atoms with E-state index in [0.717, 1.165) is 25.1 Å². The van der Waals surface area contributed by atoms with Gasteiger partial charge in [-0.05, 0) is 47.0 Å². The molecule has 1 saturated carbocycles. The smallest absolute Gasteiger partial charge is 0.433 e. The minimum atomic E-state index is -4.71. The zero-order valence-corrected chi connectivity index (χ0v) is 23.6. The molecule has 0 aliphatic heterocycles. The van der Waals surface area contributed by atoms with Gasteiger partial charge in [0, 0.05) is 30.3 Å². The molecule has 1 fully saturated rings. The molecule has 1 aliphatic rings. The molecule has 1 atom stereocenters. The van der Waals surface area contributed by atoms with E-state index in [4.69, 9.17) is 11.6 Å². The quantitative estimate of drug-likeness (QED) is 0.139. The number of carbonyl (C=O) groups is 1. The molecule has 44 heavy (non-hydrogen) atoms. The van der Waals surface area contributed by atoms with Crippen LogP contribution in [0.25, 0.3) is 27.9 Å². The summed E-state index contributed by atoms with van der Waals surface area (Å²) in [4.78, 5) is 15.2. The van der Waals surface area contributed by atoms with Crippen LogP contribution in [0.4, 0.5) is 23.2 Å². The van der Waals surface area contributed by atoms with Crippen molar-refractivity contribution in [1.82, 2.24) is 35.0 Å². The fourth-order valence-electron chi connectivity index (χ4n) is 5.00. The van der Waals surface area contributed by atoms with E-state index < -0.39 is 29.6 Å². The summed E-state index contributed by atoms with van der Waals surface area (Å²) >= 11 is 6.07. The van der Waals surface area contributed by atoms with Gasteiger partial charge in [-0.2, -0.15) is 27.7 Å². The topological polar surface area (TPSA) is 130 Å². The minimum Gasteiger partial charge on any atom is -0.618 e. The highest BCUT2D eigenvalue weighted by Crippen LogP contribution is 2.40. The Balaban J connectivity index is 1.40. The number of aromatic nitrogens is 8. The first-order chi connectivity index (χ1) is 21.0. The van der Waals surface area contributed by atoms with Gasteiger partial charge in [0.2, 0.25) is 11.6 Å². The summed E-state index contributed by atoms with van der Waals surface area (Å²) in [7, 11) is 0. The maximum absolute atomic E-state index is 15.3. The number of halogens is 5. The SMILES string of the molecule is CC(=O)Nc1cnc(C(F)(F)F)cc1-c1cnn([C@@H](CC2CC2)c2ccc(-c3c(-n4cnnn4)ccc(Cl)c3F)c[n+]2[O-])c1. The number of nitrogens with one attached hydrogen (secondary N) is 1. The van der Waals surface area contributed by atoms with Gasteiger partial charge in [0.15, 0.2) is 12.0 Å². The zero-order chi connectivity index (χ0) is 31.2. The molecule has 0 unspecified atom stereocenters. The zero-order valence-electron chi connectivity index (χ0n) is 22.8. The summed E-state index contributed by atoms with van der Waals surface area (Å²) in [5.41, 5.74) is 0.0808. The average Bonchev–Trinajstić information content (AvgIpc) is 3.40. The lowest BCUT2D eigenvalue weighted by Gasteiger charge is -2.18. The van der Waals surface area contributed by atoms with E-state index in [1.807, 2.05) is 0 Å². The van der Waals surface area contributed by atoms with Gasteiger partial charge in [0.1, 0.15) is 18.1 Å². The molecule has 4 heterocycles. The van der Waals surface area contributed by atoms with E-state index in [1.54, 1.807) is 12.1 Å². The van der Waals surface area contributed by atoms with Crippen LogP contribution in [0, 0.1) is 16.9 Å². The van der Waals surface area contributed by atoms with E-state index in [2.05, 4.69) is 30.9 Å². The van der Waals surface area contributed by atoms with E-state index in [0.29, 0.717) is 17.1 Å². The third-order valence-electron chi connectivity index (χ3n) is 7.23. The standard InChI is InChI=1S/C28H22ClF4N9O2/c1-15(43)37-21-11-34-25(28(31,32)33)9-19(21)18-10-36-40(12-18)24(8-16-2-3-16)22-6-4-17(13-42(22)44)26-23(41-14-35-38-39-41)7-5-20(29)27(26)30/h4-7,9-14,16,24H,2-3,8H2,1H3,(H,37,43)/t24-/m0/s1. The van der Waals surface area contributed by atoms with Gasteiger partial charge >= 0.3 is 6.18 Å². The van der Waals surface area contributed by atoms with Crippen LogP contribution < -0.4 is 10.0 Å². The molecule has 1 aliphatic carbocycles. The van der Waals surface area contributed by atoms with Crippen LogP contribution in [0.3, 0.4) is 0 Å². The van der Waals surface area contributed by atoms with Crippen molar-refractivity contribution in [1.29, 1.82) is 0 Å². The van der Waals surface area contributed by atoms with Crippen molar-refractivity contribution in [2.24, 2.45) is 5.92 Å². The van der Waals surface area contributed by atoms with Gasteiger partial charge in [-0.1, -0.05) is 24.4 Å². The maximum Gasteiger partial charge on any atom is 0.433 e. The van der Waals surface area contributed by atoms with Gasteiger partial charge in [0.05, 0.1) is 39.9 Å². The first-order valence-corrected chi connectivity index (χ1v) is 13.7. The number of pyridine rings is 2. The van der Waals surface area contributed by atoms with E-state index in [1.165, 1.54) is 53.3 Å². The lowest BCUT2D eigenvalue weighted by atomic mass is 10.0. The van der Waals surface area contributed by atoms with E-state index in [9.17, 15) is 23.2 Å². The average molecular weight is 628 g/mol. The molecule has 4 aromatic heterocycles. The highest BCUT2D eigenvalue weighted by Gasteiger charge is 2.35. The second-order valence-electron chi connectivity index (χ2n) is 10.4. The number of hydrogen-bond donors (Lipinski definition) is 1. The van der Waals surface area contributed by atoms with Crippen molar-refractivity contribution in [3.8, 4) is 27.9 Å². The fourth-order valence-corrected chi connectivity index (χ4v) is 5.15. The number of carbonyl (C=O) groups excluding carboxylic acids is 1. The Morgan fingerprint density at radius 1 is 1.20 bits per heavy atom. The van der Waals surface area contributed by atoms with Crippen LogP contribution in [-0.4, -0.2) is 40.9 Å². The number of amides is 1. The Labute approximate surface area is 251 Å². The number of hydrogen-bond acceptors (Lipinski definition) is 7. The number of tetrazole rings is 1. The highest BCUT2D eigenvalue weighted by atomic mass is 35.5. The second-order valence-corrected chi connectivity index (χ2v) is 10.8. The normalized spacial score (nSPS) is 14.0. The molecule has 6 rings (SSSR count). The summed E-state index contributed by atoms with van der Waals surface area (Å²) in [5, 5.41) is 31.3. The molecule has 226 valence electrons. The number of nitrogens with zero attached hydrogens (tertiary/aromatic N) is 8. The Kier molecular flexibility index (Phi) is 7.49. The van der Waals surface area contributed by atoms with Crippen molar-refractivity contribution in [2.45, 2.75) is 38.4 Å². The molecular weight excluding hydrogens is 606 g/mol. The molecule has 1 aromatic carbocycles. The lowest BCUT2D eigenvalue weighted by molar-refractivity contribution is -0.615. The van der Waals surface area contributed by atoms with Crippen LogP contribution in [0.5, 0.6) is 0 Å². The molecule has 0 saturated heterocycles. The molecule has 5 aromatic rings. The van der Waals surface area contributed by atoms with Gasteiger partial charge < -0.3 is 10.5 Å². The summed E-state index contributed by atoms with van der Waals surface area (Å²) in [6, 6.07) is 6.25. The molecule has 1 N–H and O–H groups in total. The summed E-state index contributed by atoms with van der Waals surface area (Å²) < 4.78 is 59.1. The fraction of sp³-hybridized carbons (Fsp3) is 0.250. The monoisotopic (exact) mass is 627 g/mol. The number of benzene rings is 1. The molecule has 0 bridgehead atoms. The van der Waals surface area contributed by atoms with Crippen molar-refractivity contribution in [3.63, 3.8) is 0 Å². The molecule has 0 radical (unpaired) electrons. The Morgan fingerprint density at radius 2 is 2.00 bits per heavy atom. The second kappa shape index (κ2) is 11.3. The first kappa shape index (κ1) is 29.2. The summed E-state index contributed by atoms with van der Waals surface area (Å²) in [6.07, 6.45) is 4.07. The largest absolute Gasteiger partial charge is 0.618 e. The predicted octanol–water partition coefficient (Wildman–Crippen LogP) is 5.38. The summed E-state index contributed by atoms with van der Waals surface area (Å²) in [6.45, 7) is 1.23. The predicted molar refractivity (Wildman–Crippen MR) is 149 cm³/mol. The Hall–Kier alpha value is -4.92. The van der Waals surface area contributed by atoms with Crippen LogP contribution in [0.1, 0.15) is 43.6 Å². The Morgan fingerprint density at radius 3 is 2.66 bits per heavy atom. The third kappa shape index (κ3) is 5.82. The molecular formula is C28H22ClF4N9O2. The lowest BCUT2D eigenvalue weighted by Crippen LogP contribution is -2.35. The molecule has 16 heteroatoms. The molecule has 1 amide bonds. The molecule has 11 nitrogen and oxygen atoms in total. The highest BCUT2D eigenvalue weighted by molar-refractivity contribution is 6.31. The van der Waals surface area contributed by atoms with Crippen molar-refractivity contribution in [2.75, 3.05) is 5.32 Å². The van der Waals surface area contributed by atoms with Crippen LogP contribution in [0.2, 0.25) is 5.02 Å². The number of alkyl halides is 3. The molecule has 0 spiro atoms. The van der Waals surface area contributed by atoms with Gasteiger partial charge in [-0.3, -0.25) is 9.48 Å². The number of rotatable bonds is 8. The van der Waals surface area contributed by atoms with Crippen molar-refractivity contribution < 1.29 is 27.1 Å². The van der Waals surface area contributed by atoms with Crippen LogP contribution in [0.15, 0.2) is 61.4 Å². The van der Waals surface area contributed by atoms with Crippen molar-refractivity contribution >= 4 is 23.2 Å². The number of anilines is 1. The van der Waals surface area contributed by atoms with Gasteiger partial charge in [-0.15, -0.1) is 5.10 Å².